The summed E-state index contributed by atoms with van der Waals surface area (Å²) >= 11 is 1.70. The molecule has 0 saturated heterocycles. The Balaban J connectivity index is 1.55. The van der Waals surface area contributed by atoms with Crippen molar-refractivity contribution in [1.82, 2.24) is 10.6 Å². The fourth-order valence-electron chi connectivity index (χ4n) is 1.87. The monoisotopic (exact) mass is 332 g/mol. The summed E-state index contributed by atoms with van der Waals surface area (Å²) in [5.41, 5.74) is 1.24. The SMILES string of the molecule is Cc1ccc(SCCNC(=O)CCNC(=O)c2ccco2)cc1. The Morgan fingerprint density at radius 3 is 2.57 bits per heavy atom. The third kappa shape index (κ3) is 6.20. The van der Waals surface area contributed by atoms with E-state index in [4.69, 9.17) is 4.42 Å². The summed E-state index contributed by atoms with van der Waals surface area (Å²) < 4.78 is 4.97. The van der Waals surface area contributed by atoms with Crippen molar-refractivity contribution in [2.24, 2.45) is 0 Å². The van der Waals surface area contributed by atoms with Crippen molar-refractivity contribution in [2.45, 2.75) is 18.2 Å². The van der Waals surface area contributed by atoms with E-state index in [-0.39, 0.29) is 30.5 Å². The minimum Gasteiger partial charge on any atom is -0.459 e. The van der Waals surface area contributed by atoms with Gasteiger partial charge in [0.2, 0.25) is 5.91 Å². The molecule has 2 amide bonds. The van der Waals surface area contributed by atoms with Crippen LogP contribution in [0.25, 0.3) is 0 Å². The predicted octanol–water partition coefficient (Wildman–Crippen LogP) is 2.62. The second-order valence-corrected chi connectivity index (χ2v) is 6.16. The van der Waals surface area contributed by atoms with Crippen molar-refractivity contribution in [3.63, 3.8) is 0 Å². The first-order chi connectivity index (χ1) is 11.1. The molecule has 0 unspecified atom stereocenters. The lowest BCUT2D eigenvalue weighted by Crippen LogP contribution is -2.31. The first-order valence-electron chi connectivity index (χ1n) is 7.43. The van der Waals surface area contributed by atoms with E-state index in [1.54, 1.807) is 23.9 Å². The van der Waals surface area contributed by atoms with Gasteiger partial charge in [0.05, 0.1) is 6.26 Å². The number of amides is 2. The molecule has 0 saturated carbocycles. The van der Waals surface area contributed by atoms with Gasteiger partial charge in [-0.1, -0.05) is 17.7 Å². The zero-order valence-corrected chi connectivity index (χ0v) is 13.8. The molecule has 0 atom stereocenters. The van der Waals surface area contributed by atoms with E-state index in [1.807, 2.05) is 0 Å². The Labute approximate surface area is 139 Å². The number of nitrogens with one attached hydrogen (secondary N) is 2. The third-order valence-electron chi connectivity index (χ3n) is 3.10. The van der Waals surface area contributed by atoms with Gasteiger partial charge in [0.1, 0.15) is 0 Å². The van der Waals surface area contributed by atoms with Crippen LogP contribution in [-0.2, 0) is 4.79 Å². The first-order valence-corrected chi connectivity index (χ1v) is 8.41. The van der Waals surface area contributed by atoms with E-state index in [2.05, 4.69) is 41.8 Å². The maximum Gasteiger partial charge on any atom is 0.286 e. The summed E-state index contributed by atoms with van der Waals surface area (Å²) in [4.78, 5) is 24.5. The van der Waals surface area contributed by atoms with Gasteiger partial charge in [-0.05, 0) is 31.2 Å². The molecule has 2 N–H and O–H groups in total. The Kier molecular flexibility index (Phi) is 6.75. The fourth-order valence-corrected chi connectivity index (χ4v) is 2.64. The molecular formula is C17H20N2O3S. The zero-order chi connectivity index (χ0) is 16.5. The molecule has 0 fully saturated rings. The highest BCUT2D eigenvalue weighted by atomic mass is 32.2. The van der Waals surface area contributed by atoms with Crippen LogP contribution in [0.5, 0.6) is 0 Å². The Morgan fingerprint density at radius 1 is 1.09 bits per heavy atom. The molecule has 0 aliphatic heterocycles. The van der Waals surface area contributed by atoms with E-state index in [1.165, 1.54) is 16.7 Å². The highest BCUT2D eigenvalue weighted by Crippen LogP contribution is 2.17. The van der Waals surface area contributed by atoms with E-state index >= 15 is 0 Å². The van der Waals surface area contributed by atoms with E-state index in [0.29, 0.717) is 6.54 Å². The molecule has 122 valence electrons. The van der Waals surface area contributed by atoms with Gasteiger partial charge in [0.25, 0.3) is 5.91 Å². The number of rotatable bonds is 8. The van der Waals surface area contributed by atoms with Crippen LogP contribution in [0.4, 0.5) is 0 Å². The highest BCUT2D eigenvalue weighted by molar-refractivity contribution is 7.99. The number of furan rings is 1. The number of hydrogen-bond donors (Lipinski definition) is 2. The van der Waals surface area contributed by atoms with Crippen molar-refractivity contribution in [3.05, 3.63) is 54.0 Å². The number of carbonyl (C=O) groups is 2. The van der Waals surface area contributed by atoms with E-state index in [0.717, 1.165) is 5.75 Å². The molecule has 6 heteroatoms. The standard InChI is InChI=1S/C17H20N2O3S/c1-13-4-6-14(7-5-13)23-12-10-18-16(20)8-9-19-17(21)15-3-2-11-22-15/h2-7,11H,8-10,12H2,1H3,(H,18,20)(H,19,21). The molecule has 1 heterocycles. The van der Waals surface area contributed by atoms with Gasteiger partial charge in [-0.15, -0.1) is 11.8 Å². The minimum atomic E-state index is -0.308. The summed E-state index contributed by atoms with van der Waals surface area (Å²) in [5.74, 6) is 0.681. The van der Waals surface area contributed by atoms with Gasteiger partial charge in [-0.3, -0.25) is 9.59 Å². The van der Waals surface area contributed by atoms with Gasteiger partial charge in [-0.2, -0.15) is 0 Å². The summed E-state index contributed by atoms with van der Waals surface area (Å²) in [7, 11) is 0. The van der Waals surface area contributed by atoms with Crippen LogP contribution in [0.1, 0.15) is 22.5 Å². The molecular weight excluding hydrogens is 312 g/mol. The smallest absolute Gasteiger partial charge is 0.286 e. The normalized spacial score (nSPS) is 10.3. The van der Waals surface area contributed by atoms with Gasteiger partial charge in [0, 0.05) is 30.2 Å². The summed E-state index contributed by atoms with van der Waals surface area (Å²) in [6, 6.07) is 11.5. The number of benzene rings is 1. The second kappa shape index (κ2) is 9.05. The lowest BCUT2D eigenvalue weighted by atomic mass is 10.2. The second-order valence-electron chi connectivity index (χ2n) is 4.99. The van der Waals surface area contributed by atoms with E-state index < -0.39 is 0 Å². The molecule has 0 bridgehead atoms. The van der Waals surface area contributed by atoms with Crippen molar-refractivity contribution < 1.29 is 14.0 Å². The van der Waals surface area contributed by atoms with Gasteiger partial charge < -0.3 is 15.1 Å². The quantitative estimate of drug-likeness (QED) is 0.576. The first kappa shape index (κ1) is 17.1. The van der Waals surface area contributed by atoms with Crippen molar-refractivity contribution in [2.75, 3.05) is 18.8 Å². The van der Waals surface area contributed by atoms with Gasteiger partial charge in [-0.25, -0.2) is 0 Å². The molecule has 2 rings (SSSR count). The predicted molar refractivity (Wildman–Crippen MR) is 90.6 cm³/mol. The average Bonchev–Trinajstić information content (AvgIpc) is 3.08. The Morgan fingerprint density at radius 2 is 1.87 bits per heavy atom. The molecule has 0 aliphatic rings. The molecule has 0 spiro atoms. The lowest BCUT2D eigenvalue weighted by Gasteiger charge is -2.06. The van der Waals surface area contributed by atoms with Crippen LogP contribution < -0.4 is 10.6 Å². The number of hydrogen-bond acceptors (Lipinski definition) is 4. The number of aryl methyl sites for hydroxylation is 1. The lowest BCUT2D eigenvalue weighted by molar-refractivity contribution is -0.120. The molecule has 5 nitrogen and oxygen atoms in total. The average molecular weight is 332 g/mol. The van der Waals surface area contributed by atoms with Crippen LogP contribution in [0.2, 0.25) is 0 Å². The summed E-state index contributed by atoms with van der Waals surface area (Å²) in [5, 5.41) is 5.48. The Bertz CT molecular complexity index is 624. The minimum absolute atomic E-state index is 0.0748. The van der Waals surface area contributed by atoms with Crippen molar-refractivity contribution in [1.29, 1.82) is 0 Å². The van der Waals surface area contributed by atoms with Crippen molar-refractivity contribution in [3.8, 4) is 0 Å². The molecule has 23 heavy (non-hydrogen) atoms. The topological polar surface area (TPSA) is 71.3 Å². The molecule has 2 aromatic rings. The summed E-state index contributed by atoms with van der Waals surface area (Å²) in [6.07, 6.45) is 1.69. The molecule has 1 aromatic heterocycles. The maximum atomic E-state index is 11.7. The zero-order valence-electron chi connectivity index (χ0n) is 13.0. The highest BCUT2D eigenvalue weighted by Gasteiger charge is 2.08. The van der Waals surface area contributed by atoms with Crippen LogP contribution in [-0.4, -0.2) is 30.7 Å². The van der Waals surface area contributed by atoms with Gasteiger partial charge >= 0.3 is 0 Å². The largest absolute Gasteiger partial charge is 0.459 e. The maximum absolute atomic E-state index is 11.7. The molecule has 0 radical (unpaired) electrons. The van der Waals surface area contributed by atoms with Crippen LogP contribution in [0, 0.1) is 6.92 Å². The number of thioether (sulfide) groups is 1. The molecule has 1 aromatic carbocycles. The van der Waals surface area contributed by atoms with E-state index in [9.17, 15) is 9.59 Å². The van der Waals surface area contributed by atoms with Crippen LogP contribution in [0.3, 0.4) is 0 Å². The summed E-state index contributed by atoms with van der Waals surface area (Å²) in [6.45, 7) is 2.94. The Hall–Kier alpha value is -2.21. The molecule has 0 aliphatic carbocycles. The van der Waals surface area contributed by atoms with Gasteiger partial charge in [0.15, 0.2) is 5.76 Å². The van der Waals surface area contributed by atoms with Crippen LogP contribution >= 0.6 is 11.8 Å². The van der Waals surface area contributed by atoms with Crippen LogP contribution in [0.15, 0.2) is 52.0 Å². The number of carbonyl (C=O) groups excluding carboxylic acids is 2. The van der Waals surface area contributed by atoms with Crippen molar-refractivity contribution >= 4 is 23.6 Å². The third-order valence-corrected chi connectivity index (χ3v) is 4.11. The fraction of sp³-hybridized carbons (Fsp3) is 0.294.